The molecule has 10 aromatic carbocycles. The summed E-state index contributed by atoms with van der Waals surface area (Å²) in [4.78, 5) is 10.2. The molecule has 3 nitrogen and oxygen atoms in total. The molecule has 10 rings (SSSR count). The van der Waals surface area contributed by atoms with Crippen LogP contribution >= 0.6 is 0 Å². The van der Waals surface area contributed by atoms with Gasteiger partial charge in [-0.1, -0.05) is 170 Å². The van der Waals surface area contributed by atoms with E-state index in [9.17, 15) is 0 Å². The molecule has 1 atom stereocenters. The second kappa shape index (κ2) is 14.1. The van der Waals surface area contributed by atoms with E-state index < -0.39 is 6.17 Å². The molecule has 0 bridgehead atoms. The van der Waals surface area contributed by atoms with Gasteiger partial charge in [-0.25, -0.2) is 4.99 Å². The van der Waals surface area contributed by atoms with Gasteiger partial charge in [0.25, 0.3) is 0 Å². The van der Waals surface area contributed by atoms with E-state index in [0.29, 0.717) is 5.84 Å². The highest BCUT2D eigenvalue weighted by molar-refractivity contribution is 6.33. The number of hydrogen-bond acceptors (Lipinski definition) is 2. The predicted octanol–water partition coefficient (Wildman–Crippen LogP) is 13.3. The SMILES string of the molecule is NC(=NC(/N=C/c1cc(-c2ccccc2)cc(-c2cc3c4ccccc4c4ccccc4c3c3ccccc23)c1)c1ccc2ccccc2c1)c1ccccc1. The molecular formula is C53H37N3. The Hall–Kier alpha value is -7.36. The highest BCUT2D eigenvalue weighted by Gasteiger charge is 2.17. The molecule has 0 aliphatic rings. The van der Waals surface area contributed by atoms with Gasteiger partial charge in [-0.3, -0.25) is 4.99 Å². The lowest BCUT2D eigenvalue weighted by molar-refractivity contribution is 0.783. The Morgan fingerprint density at radius 1 is 0.429 bits per heavy atom. The normalized spacial score (nSPS) is 12.7. The van der Waals surface area contributed by atoms with Crippen molar-refractivity contribution in [2.75, 3.05) is 0 Å². The van der Waals surface area contributed by atoms with Crippen LogP contribution in [-0.2, 0) is 0 Å². The van der Waals surface area contributed by atoms with Crippen LogP contribution in [0.15, 0.2) is 210 Å². The fourth-order valence-electron chi connectivity index (χ4n) is 8.22. The molecule has 0 aliphatic carbocycles. The summed E-state index contributed by atoms with van der Waals surface area (Å²) in [6, 6.07) is 70.9. The number of benzene rings is 10. The van der Waals surface area contributed by atoms with Crippen molar-refractivity contribution in [2.24, 2.45) is 15.7 Å². The van der Waals surface area contributed by atoms with Gasteiger partial charge in [0.2, 0.25) is 0 Å². The number of nitrogens with two attached hydrogens (primary N) is 1. The van der Waals surface area contributed by atoms with Crippen molar-refractivity contribution in [1.82, 2.24) is 0 Å². The molecule has 0 aliphatic heterocycles. The van der Waals surface area contributed by atoms with E-state index in [1.54, 1.807) is 0 Å². The Morgan fingerprint density at radius 3 is 1.71 bits per heavy atom. The van der Waals surface area contributed by atoms with E-state index >= 15 is 0 Å². The number of hydrogen-bond donors (Lipinski definition) is 1. The summed E-state index contributed by atoms with van der Waals surface area (Å²) in [6.45, 7) is 0. The molecule has 0 radical (unpaired) electrons. The summed E-state index contributed by atoms with van der Waals surface area (Å²) in [7, 11) is 0. The number of amidine groups is 1. The molecule has 0 spiro atoms. The van der Waals surface area contributed by atoms with E-state index in [1.165, 1.54) is 54.0 Å². The smallest absolute Gasteiger partial charge is 0.167 e. The second-order valence-electron chi connectivity index (χ2n) is 14.3. The second-order valence-corrected chi connectivity index (χ2v) is 14.3. The van der Waals surface area contributed by atoms with Crippen LogP contribution in [0.2, 0.25) is 0 Å². The lowest BCUT2D eigenvalue weighted by Gasteiger charge is -2.17. The summed E-state index contributed by atoms with van der Waals surface area (Å²) < 4.78 is 0. The zero-order valence-electron chi connectivity index (χ0n) is 30.7. The van der Waals surface area contributed by atoms with E-state index in [2.05, 4.69) is 170 Å². The standard InChI is InChI=1S/C53H37N3/c54-52(38-18-5-2-6-19-38)56-53(40-28-27-37-17-7-8-20-39(37)31-40)55-34-35-29-41(36-15-3-1-4-16-36)32-42(30-35)49-33-50-45-23-10-9-21-43(45)44-22-11-13-25-47(44)51(50)48-26-14-12-24-46(48)49/h1-34,53H,(H2,54,56)/b55-34+. The van der Waals surface area contributed by atoms with E-state index in [-0.39, 0.29) is 0 Å². The molecule has 0 saturated heterocycles. The number of nitrogens with zero attached hydrogens (tertiary/aromatic N) is 2. The Balaban J connectivity index is 1.19. The van der Waals surface area contributed by atoms with Crippen LogP contribution in [-0.4, -0.2) is 12.1 Å². The Kier molecular flexibility index (Phi) is 8.38. The molecule has 0 fully saturated rings. The van der Waals surface area contributed by atoms with Crippen LogP contribution < -0.4 is 5.73 Å². The average Bonchev–Trinajstić information content (AvgIpc) is 3.27. The monoisotopic (exact) mass is 715 g/mol. The Labute approximate surface area is 325 Å². The third-order valence-corrected chi connectivity index (χ3v) is 10.9. The molecule has 10 aromatic rings. The van der Waals surface area contributed by atoms with Gasteiger partial charge in [0, 0.05) is 11.8 Å². The quantitative estimate of drug-likeness (QED) is 0.0997. The van der Waals surface area contributed by atoms with Crippen LogP contribution in [0.5, 0.6) is 0 Å². The van der Waals surface area contributed by atoms with Crippen LogP contribution in [0, 0.1) is 0 Å². The average molecular weight is 716 g/mol. The first kappa shape index (κ1) is 33.2. The fourth-order valence-corrected chi connectivity index (χ4v) is 8.22. The minimum atomic E-state index is -0.551. The first-order valence-corrected chi connectivity index (χ1v) is 19.0. The minimum Gasteiger partial charge on any atom is -0.383 e. The van der Waals surface area contributed by atoms with E-state index in [1.807, 2.05) is 36.5 Å². The van der Waals surface area contributed by atoms with Gasteiger partial charge < -0.3 is 5.73 Å². The Morgan fingerprint density at radius 2 is 0.982 bits per heavy atom. The summed E-state index contributed by atoms with van der Waals surface area (Å²) in [6.07, 6.45) is 1.41. The molecule has 3 heteroatoms. The number of aliphatic imine (C=N–C) groups is 2. The lowest BCUT2D eigenvalue weighted by Crippen LogP contribution is -2.15. The highest BCUT2D eigenvalue weighted by atomic mass is 15.0. The molecule has 264 valence electrons. The minimum absolute atomic E-state index is 0.446. The maximum absolute atomic E-state index is 6.66. The highest BCUT2D eigenvalue weighted by Crippen LogP contribution is 2.43. The molecular weight excluding hydrogens is 679 g/mol. The zero-order chi connectivity index (χ0) is 37.4. The van der Waals surface area contributed by atoms with Gasteiger partial charge in [0.15, 0.2) is 6.17 Å². The van der Waals surface area contributed by atoms with Crippen molar-refractivity contribution in [3.63, 3.8) is 0 Å². The maximum atomic E-state index is 6.66. The largest absolute Gasteiger partial charge is 0.383 e. The van der Waals surface area contributed by atoms with Gasteiger partial charge in [-0.2, -0.15) is 0 Å². The van der Waals surface area contributed by atoms with Crippen molar-refractivity contribution in [1.29, 1.82) is 0 Å². The van der Waals surface area contributed by atoms with Crippen LogP contribution in [0.3, 0.4) is 0 Å². The number of fused-ring (bicyclic) bond motifs is 9. The first-order chi connectivity index (χ1) is 27.7. The van der Waals surface area contributed by atoms with Crippen LogP contribution in [0.1, 0.15) is 22.9 Å². The topological polar surface area (TPSA) is 50.7 Å². The molecule has 56 heavy (non-hydrogen) atoms. The van der Waals surface area contributed by atoms with Crippen molar-refractivity contribution in [2.45, 2.75) is 6.17 Å². The lowest BCUT2D eigenvalue weighted by atomic mass is 9.86. The summed E-state index contributed by atoms with van der Waals surface area (Å²) in [5, 5.41) is 12.3. The summed E-state index contributed by atoms with van der Waals surface area (Å²) in [5.41, 5.74) is 14.0. The third kappa shape index (κ3) is 6.06. The van der Waals surface area contributed by atoms with E-state index in [0.717, 1.165) is 38.8 Å². The van der Waals surface area contributed by atoms with Gasteiger partial charge in [0.1, 0.15) is 5.84 Å². The van der Waals surface area contributed by atoms with Crippen molar-refractivity contribution in [3.8, 4) is 22.3 Å². The molecule has 0 heterocycles. The van der Waals surface area contributed by atoms with Gasteiger partial charge >= 0.3 is 0 Å². The maximum Gasteiger partial charge on any atom is 0.167 e. The Bertz CT molecular complexity index is 3150. The van der Waals surface area contributed by atoms with E-state index in [4.69, 9.17) is 15.7 Å². The van der Waals surface area contributed by atoms with Gasteiger partial charge in [0.05, 0.1) is 0 Å². The number of rotatable bonds is 7. The first-order valence-electron chi connectivity index (χ1n) is 19.0. The predicted molar refractivity (Wildman–Crippen MR) is 239 cm³/mol. The van der Waals surface area contributed by atoms with Gasteiger partial charge in [-0.15, -0.1) is 0 Å². The third-order valence-electron chi connectivity index (χ3n) is 10.9. The molecule has 2 N–H and O–H groups in total. The van der Waals surface area contributed by atoms with Crippen molar-refractivity contribution >= 4 is 65.9 Å². The molecule has 1 unspecified atom stereocenters. The van der Waals surface area contributed by atoms with Gasteiger partial charge in [-0.05, 0) is 118 Å². The van der Waals surface area contributed by atoms with Crippen LogP contribution in [0.4, 0.5) is 0 Å². The van der Waals surface area contributed by atoms with Crippen molar-refractivity contribution in [3.05, 3.63) is 217 Å². The summed E-state index contributed by atoms with van der Waals surface area (Å²) >= 11 is 0. The molecule has 0 amide bonds. The zero-order valence-corrected chi connectivity index (χ0v) is 30.7. The molecule has 0 saturated carbocycles. The molecule has 0 aromatic heterocycles. The fraction of sp³-hybridized carbons (Fsp3) is 0.0189. The van der Waals surface area contributed by atoms with Crippen molar-refractivity contribution < 1.29 is 0 Å². The van der Waals surface area contributed by atoms with Crippen LogP contribution in [0.25, 0.3) is 76.1 Å². The summed E-state index contributed by atoms with van der Waals surface area (Å²) in [5.74, 6) is 0.446.